The zero-order valence-electron chi connectivity index (χ0n) is 10.3. The van der Waals surface area contributed by atoms with E-state index >= 15 is 0 Å². The maximum Gasteiger partial charge on any atom is 0.0213 e. The van der Waals surface area contributed by atoms with Crippen LogP contribution in [0.2, 0.25) is 0 Å². The molecule has 2 aliphatic carbocycles. The van der Waals surface area contributed by atoms with Crippen LogP contribution >= 0.6 is 15.9 Å². The van der Waals surface area contributed by atoms with Gasteiger partial charge in [-0.25, -0.2) is 0 Å². The van der Waals surface area contributed by atoms with Gasteiger partial charge in [-0.15, -0.1) is 0 Å². The minimum absolute atomic E-state index is 0.371. The summed E-state index contributed by atoms with van der Waals surface area (Å²) >= 11 is 3.74. The Labute approximate surface area is 107 Å². The van der Waals surface area contributed by atoms with E-state index in [-0.39, 0.29) is 0 Å². The summed E-state index contributed by atoms with van der Waals surface area (Å²) in [6, 6.07) is 4.63. The second-order valence-corrected chi connectivity index (χ2v) is 7.04. The van der Waals surface area contributed by atoms with Crippen LogP contribution in [0.15, 0.2) is 16.6 Å². The van der Waals surface area contributed by atoms with E-state index in [0.717, 1.165) is 5.92 Å². The Morgan fingerprint density at radius 2 is 1.94 bits per heavy atom. The minimum atomic E-state index is 0.371. The summed E-state index contributed by atoms with van der Waals surface area (Å²) in [4.78, 5) is 0. The van der Waals surface area contributed by atoms with E-state index < -0.39 is 0 Å². The average Bonchev–Trinajstić information content (AvgIpc) is 2.96. The molecular formula is C15H19Br. The van der Waals surface area contributed by atoms with Gasteiger partial charge in [0.1, 0.15) is 0 Å². The largest absolute Gasteiger partial charge is 0.0583 e. The fraction of sp³-hybridized carbons (Fsp3) is 0.600. The first-order valence-corrected chi connectivity index (χ1v) is 7.13. The second-order valence-electron chi connectivity index (χ2n) is 6.19. The Hall–Kier alpha value is -0.300. The number of halogens is 1. The lowest BCUT2D eigenvalue weighted by molar-refractivity contribution is 0.486. The molecule has 3 rings (SSSR count). The first-order chi connectivity index (χ1) is 7.50. The van der Waals surface area contributed by atoms with E-state index in [9.17, 15) is 0 Å². The summed E-state index contributed by atoms with van der Waals surface area (Å²) in [7, 11) is 0. The Morgan fingerprint density at radius 1 is 1.25 bits per heavy atom. The molecule has 0 N–H and O–H groups in total. The van der Waals surface area contributed by atoms with Gasteiger partial charge in [-0.2, -0.15) is 0 Å². The van der Waals surface area contributed by atoms with E-state index in [1.54, 1.807) is 16.7 Å². The molecular weight excluding hydrogens is 260 g/mol. The molecule has 1 heteroatoms. The van der Waals surface area contributed by atoms with Gasteiger partial charge >= 0.3 is 0 Å². The van der Waals surface area contributed by atoms with Gasteiger partial charge in [-0.1, -0.05) is 42.8 Å². The van der Waals surface area contributed by atoms with Crippen molar-refractivity contribution in [1.82, 2.24) is 0 Å². The molecule has 0 aliphatic heterocycles. The van der Waals surface area contributed by atoms with Crippen molar-refractivity contribution in [3.63, 3.8) is 0 Å². The molecule has 1 saturated carbocycles. The van der Waals surface area contributed by atoms with Crippen molar-refractivity contribution in [3.8, 4) is 0 Å². The molecule has 0 aromatic heterocycles. The molecule has 0 bridgehead atoms. The van der Waals surface area contributed by atoms with Crippen molar-refractivity contribution in [2.24, 2.45) is 0 Å². The van der Waals surface area contributed by atoms with Gasteiger partial charge in [-0.05, 0) is 59.3 Å². The predicted molar refractivity (Wildman–Crippen MR) is 72.2 cm³/mol. The smallest absolute Gasteiger partial charge is 0.0213 e. The summed E-state index contributed by atoms with van der Waals surface area (Å²) < 4.78 is 1.32. The molecule has 0 nitrogen and oxygen atoms in total. The minimum Gasteiger partial charge on any atom is -0.0583 e. The number of hydrogen-bond donors (Lipinski definition) is 0. The summed E-state index contributed by atoms with van der Waals surface area (Å²) in [6.45, 7) is 7.19. The van der Waals surface area contributed by atoms with Crippen molar-refractivity contribution < 1.29 is 0 Å². The Bertz CT molecular complexity index is 441. The van der Waals surface area contributed by atoms with Crippen LogP contribution < -0.4 is 0 Å². The number of benzene rings is 1. The molecule has 1 aromatic rings. The maximum absolute atomic E-state index is 3.74. The zero-order chi connectivity index (χ0) is 11.5. The molecule has 0 spiro atoms. The highest BCUT2D eigenvalue weighted by Crippen LogP contribution is 2.54. The van der Waals surface area contributed by atoms with Gasteiger partial charge in [0.05, 0.1) is 0 Å². The number of fused-ring (bicyclic) bond motifs is 1. The Morgan fingerprint density at radius 3 is 2.56 bits per heavy atom. The third-order valence-electron chi connectivity index (χ3n) is 4.23. The van der Waals surface area contributed by atoms with Gasteiger partial charge in [0.25, 0.3) is 0 Å². The molecule has 0 unspecified atom stereocenters. The monoisotopic (exact) mass is 278 g/mol. The first-order valence-electron chi connectivity index (χ1n) is 6.33. The summed E-state index contributed by atoms with van der Waals surface area (Å²) in [5.74, 6) is 1.57. The van der Waals surface area contributed by atoms with Crippen molar-refractivity contribution >= 4 is 15.9 Å². The highest BCUT2D eigenvalue weighted by atomic mass is 79.9. The average molecular weight is 279 g/mol. The highest BCUT2D eigenvalue weighted by molar-refractivity contribution is 9.10. The van der Waals surface area contributed by atoms with Gasteiger partial charge < -0.3 is 0 Å². The van der Waals surface area contributed by atoms with Gasteiger partial charge in [0.15, 0.2) is 0 Å². The quantitative estimate of drug-likeness (QED) is 0.670. The van der Waals surface area contributed by atoms with Crippen molar-refractivity contribution in [2.45, 2.75) is 57.3 Å². The normalized spacial score (nSPS) is 26.9. The standard InChI is InChI=1S/C15H19Br/c1-9-8-15(2,3)14-11(10-4-5-10)6-7-12(16)13(9)14/h6-7,9-10H,4-5,8H2,1-3H3/t9-/m1/s1. The third kappa shape index (κ3) is 1.48. The van der Waals surface area contributed by atoms with Crippen LogP contribution in [0.25, 0.3) is 0 Å². The van der Waals surface area contributed by atoms with Crippen LogP contribution in [0, 0.1) is 0 Å². The van der Waals surface area contributed by atoms with Crippen LogP contribution in [-0.4, -0.2) is 0 Å². The van der Waals surface area contributed by atoms with Crippen LogP contribution in [0.1, 0.15) is 68.6 Å². The summed E-state index contributed by atoms with van der Waals surface area (Å²) in [6.07, 6.45) is 4.10. The van der Waals surface area contributed by atoms with E-state index in [2.05, 4.69) is 48.8 Å². The Balaban J connectivity index is 2.25. The molecule has 0 amide bonds. The molecule has 0 heterocycles. The maximum atomic E-state index is 3.74. The van der Waals surface area contributed by atoms with Crippen LogP contribution in [0.3, 0.4) is 0 Å². The molecule has 86 valence electrons. The molecule has 1 fully saturated rings. The molecule has 0 radical (unpaired) electrons. The fourth-order valence-corrected chi connectivity index (χ4v) is 4.27. The molecule has 1 aromatic carbocycles. The topological polar surface area (TPSA) is 0 Å². The molecule has 0 saturated heterocycles. The Kier molecular flexibility index (Phi) is 2.27. The zero-order valence-corrected chi connectivity index (χ0v) is 11.9. The lowest BCUT2D eigenvalue weighted by Crippen LogP contribution is -2.14. The highest BCUT2D eigenvalue weighted by Gasteiger charge is 2.40. The third-order valence-corrected chi connectivity index (χ3v) is 4.92. The fourth-order valence-electron chi connectivity index (χ4n) is 3.55. The van der Waals surface area contributed by atoms with Crippen molar-refractivity contribution in [1.29, 1.82) is 0 Å². The molecule has 1 atom stereocenters. The lowest BCUT2D eigenvalue weighted by atomic mass is 9.82. The van der Waals surface area contributed by atoms with E-state index in [1.165, 1.54) is 23.7 Å². The van der Waals surface area contributed by atoms with Crippen molar-refractivity contribution in [3.05, 3.63) is 33.3 Å². The van der Waals surface area contributed by atoms with Gasteiger partial charge in [-0.3, -0.25) is 0 Å². The lowest BCUT2D eigenvalue weighted by Gasteiger charge is -2.23. The van der Waals surface area contributed by atoms with E-state index in [0.29, 0.717) is 11.3 Å². The number of rotatable bonds is 1. The molecule has 16 heavy (non-hydrogen) atoms. The van der Waals surface area contributed by atoms with E-state index in [1.807, 2.05) is 0 Å². The second kappa shape index (κ2) is 3.35. The molecule has 2 aliphatic rings. The van der Waals surface area contributed by atoms with Crippen LogP contribution in [-0.2, 0) is 5.41 Å². The van der Waals surface area contributed by atoms with Crippen LogP contribution in [0.5, 0.6) is 0 Å². The predicted octanol–water partition coefficient (Wildman–Crippen LogP) is 5.11. The summed E-state index contributed by atoms with van der Waals surface area (Å²) in [5, 5.41) is 0. The SMILES string of the molecule is C[C@@H]1CC(C)(C)c2c(C3CC3)ccc(Br)c21. The number of hydrogen-bond acceptors (Lipinski definition) is 0. The van der Waals surface area contributed by atoms with Gasteiger partial charge in [0.2, 0.25) is 0 Å². The van der Waals surface area contributed by atoms with Crippen LogP contribution in [0.4, 0.5) is 0 Å². The first kappa shape index (κ1) is 10.8. The summed E-state index contributed by atoms with van der Waals surface area (Å²) in [5.41, 5.74) is 5.27. The van der Waals surface area contributed by atoms with Crippen molar-refractivity contribution in [2.75, 3.05) is 0 Å². The van der Waals surface area contributed by atoms with E-state index in [4.69, 9.17) is 0 Å². The van der Waals surface area contributed by atoms with Gasteiger partial charge in [0, 0.05) is 4.47 Å².